The quantitative estimate of drug-likeness (QED) is 0.334. The Balaban J connectivity index is 1.89. The minimum absolute atomic E-state index is 0.0925. The van der Waals surface area contributed by atoms with Crippen LogP contribution in [-0.2, 0) is 27.4 Å². The van der Waals surface area contributed by atoms with Crippen molar-refractivity contribution in [2.75, 3.05) is 13.2 Å². The second-order valence-electron chi connectivity index (χ2n) is 10.3. The van der Waals surface area contributed by atoms with E-state index >= 15 is 0 Å². The molecule has 1 amide bonds. The molecule has 11 heteroatoms. The van der Waals surface area contributed by atoms with E-state index < -0.39 is 52.4 Å². The van der Waals surface area contributed by atoms with Crippen LogP contribution in [0.2, 0.25) is 0 Å². The number of alkyl carbamates (subject to hydrolysis) is 1. The van der Waals surface area contributed by atoms with E-state index in [4.69, 9.17) is 9.47 Å². The van der Waals surface area contributed by atoms with Gasteiger partial charge in [0.2, 0.25) is 0 Å². The van der Waals surface area contributed by atoms with Crippen molar-refractivity contribution in [1.29, 1.82) is 0 Å². The Morgan fingerprint density at radius 3 is 1.97 bits per heavy atom. The molecule has 1 heterocycles. The van der Waals surface area contributed by atoms with Gasteiger partial charge in [-0.3, -0.25) is 0 Å². The average Bonchev–Trinajstić information content (AvgIpc) is 3.07. The van der Waals surface area contributed by atoms with Gasteiger partial charge in [-0.1, -0.05) is 37.3 Å². The fourth-order valence-electron chi connectivity index (χ4n) is 4.59. The Morgan fingerprint density at radius 1 is 0.974 bits per heavy atom. The third kappa shape index (κ3) is 6.26. The van der Waals surface area contributed by atoms with Gasteiger partial charge < -0.3 is 20.1 Å². The topological polar surface area (TPSA) is 59.6 Å². The maximum Gasteiger partial charge on any atom is 0.416 e. The Bertz CT molecular complexity index is 1100. The highest BCUT2D eigenvalue weighted by atomic mass is 19.4. The minimum Gasteiger partial charge on any atom is -0.441 e. The molecule has 0 bridgehead atoms. The highest BCUT2D eigenvalue weighted by Crippen LogP contribution is 2.39. The van der Waals surface area contributed by atoms with Gasteiger partial charge >= 0.3 is 18.4 Å². The summed E-state index contributed by atoms with van der Waals surface area (Å²) in [6.45, 7) is 8.88. The van der Waals surface area contributed by atoms with Crippen molar-refractivity contribution >= 4 is 6.09 Å². The van der Waals surface area contributed by atoms with E-state index in [0.717, 1.165) is 5.56 Å². The van der Waals surface area contributed by atoms with Gasteiger partial charge in [-0.05, 0) is 63.4 Å². The Labute approximate surface area is 217 Å². The van der Waals surface area contributed by atoms with E-state index in [0.29, 0.717) is 18.6 Å². The van der Waals surface area contributed by atoms with E-state index in [1.165, 1.54) is 6.92 Å². The smallest absolute Gasteiger partial charge is 0.416 e. The fraction of sp³-hybridized carbons (Fsp3) is 0.519. The van der Waals surface area contributed by atoms with Crippen molar-refractivity contribution in [2.45, 2.75) is 76.2 Å². The van der Waals surface area contributed by atoms with E-state index in [9.17, 15) is 31.1 Å². The van der Waals surface area contributed by atoms with Gasteiger partial charge in [0.1, 0.15) is 5.60 Å². The zero-order valence-electron chi connectivity index (χ0n) is 21.8. The summed E-state index contributed by atoms with van der Waals surface area (Å²) in [5, 5.41) is 6.31. The first-order valence-corrected chi connectivity index (χ1v) is 12.2. The molecule has 3 atom stereocenters. The average molecular weight is 547 g/mol. The van der Waals surface area contributed by atoms with Crippen molar-refractivity contribution in [3.8, 4) is 0 Å². The van der Waals surface area contributed by atoms with Crippen LogP contribution in [0.25, 0.3) is 0 Å². The molecule has 1 unspecified atom stereocenters. The molecule has 0 radical (unpaired) electrons. The van der Waals surface area contributed by atoms with E-state index in [1.54, 1.807) is 26.0 Å². The van der Waals surface area contributed by atoms with Crippen LogP contribution in [0.1, 0.15) is 69.4 Å². The molecule has 3 rings (SSSR count). The van der Waals surface area contributed by atoms with E-state index in [1.807, 2.05) is 32.0 Å². The van der Waals surface area contributed by atoms with Gasteiger partial charge in [0.05, 0.1) is 34.9 Å². The van der Waals surface area contributed by atoms with Crippen LogP contribution in [0.5, 0.6) is 0 Å². The van der Waals surface area contributed by atoms with Crippen molar-refractivity contribution in [1.82, 2.24) is 10.6 Å². The number of halogens is 6. The maximum atomic E-state index is 13.3. The zero-order valence-corrected chi connectivity index (χ0v) is 21.8. The lowest BCUT2D eigenvalue weighted by Crippen LogP contribution is -2.62. The summed E-state index contributed by atoms with van der Waals surface area (Å²) in [6.07, 6.45) is -11.0. The van der Waals surface area contributed by atoms with Crippen LogP contribution in [-0.4, -0.2) is 30.4 Å². The van der Waals surface area contributed by atoms with Crippen LogP contribution in [0, 0.1) is 0 Å². The first-order valence-electron chi connectivity index (χ1n) is 12.2. The highest BCUT2D eigenvalue weighted by molar-refractivity contribution is 5.72. The summed E-state index contributed by atoms with van der Waals surface area (Å²) in [5.74, 6) is 0. The Hall–Kier alpha value is -2.79. The molecule has 5 nitrogen and oxygen atoms in total. The number of carbonyl (C=O) groups excluding carboxylic acids is 1. The number of nitrogens with one attached hydrogen (secondary N) is 2. The normalized spacial score (nSPS) is 21.9. The molecular formula is C27H32F6N2O3. The number of cyclic esters (lactones) is 1. The molecule has 0 aliphatic carbocycles. The second-order valence-corrected chi connectivity index (χ2v) is 10.3. The molecule has 0 saturated carbocycles. The summed E-state index contributed by atoms with van der Waals surface area (Å²) < 4.78 is 91.5. The van der Waals surface area contributed by atoms with Gasteiger partial charge in [-0.25, -0.2) is 4.79 Å². The molecule has 2 aromatic carbocycles. The predicted octanol–water partition coefficient (Wildman–Crippen LogP) is 6.97. The maximum absolute atomic E-state index is 13.3. The molecule has 38 heavy (non-hydrogen) atoms. The van der Waals surface area contributed by atoms with E-state index in [2.05, 4.69) is 10.6 Å². The lowest BCUT2D eigenvalue weighted by atomic mass is 9.79. The molecule has 210 valence electrons. The van der Waals surface area contributed by atoms with Crippen molar-refractivity contribution in [3.05, 3.63) is 70.8 Å². The van der Waals surface area contributed by atoms with Crippen LogP contribution in [0.3, 0.4) is 0 Å². The van der Waals surface area contributed by atoms with Gasteiger partial charge in [0.15, 0.2) is 0 Å². The summed E-state index contributed by atoms with van der Waals surface area (Å²) in [4.78, 5) is 12.0. The number of amides is 1. The van der Waals surface area contributed by atoms with Gasteiger partial charge in [-0.2, -0.15) is 26.3 Å². The standard InChI is InChI=1S/C27H32F6N2O3/c1-6-25(23(3,4)38-22(36)35-25)15-34-24(5,19-10-8-7-9-11-19)16-37-17(2)18-12-20(26(28,29)30)14-21(13-18)27(31,32)33/h7-14,17,34H,6,15-16H2,1-5H3,(H,35,36)/t17-,24-,25?/m1/s1. The summed E-state index contributed by atoms with van der Waals surface area (Å²) in [6, 6.07) is 10.5. The number of alkyl halides is 6. The van der Waals surface area contributed by atoms with Crippen LogP contribution >= 0.6 is 0 Å². The number of benzene rings is 2. The first-order chi connectivity index (χ1) is 17.4. The third-order valence-electron chi connectivity index (χ3n) is 7.34. The van der Waals surface area contributed by atoms with Crippen LogP contribution in [0.15, 0.2) is 48.5 Å². The van der Waals surface area contributed by atoms with Gasteiger partial charge in [-0.15, -0.1) is 0 Å². The highest BCUT2D eigenvalue weighted by Gasteiger charge is 2.54. The van der Waals surface area contributed by atoms with Crippen molar-refractivity contribution in [3.63, 3.8) is 0 Å². The molecule has 1 saturated heterocycles. The second kappa shape index (κ2) is 10.4. The zero-order chi connectivity index (χ0) is 28.6. The molecule has 2 aromatic rings. The lowest BCUT2D eigenvalue weighted by molar-refractivity contribution is -0.143. The van der Waals surface area contributed by atoms with Crippen molar-refractivity contribution < 1.29 is 40.6 Å². The largest absolute Gasteiger partial charge is 0.441 e. The van der Waals surface area contributed by atoms with Crippen molar-refractivity contribution in [2.24, 2.45) is 0 Å². The summed E-state index contributed by atoms with van der Waals surface area (Å²) in [7, 11) is 0. The predicted molar refractivity (Wildman–Crippen MR) is 129 cm³/mol. The van der Waals surface area contributed by atoms with E-state index in [-0.39, 0.29) is 24.8 Å². The molecule has 1 aliphatic heterocycles. The van der Waals surface area contributed by atoms with Gasteiger partial charge in [0.25, 0.3) is 0 Å². The minimum atomic E-state index is -4.95. The molecule has 1 fully saturated rings. The third-order valence-corrected chi connectivity index (χ3v) is 7.34. The number of hydrogen-bond donors (Lipinski definition) is 2. The van der Waals surface area contributed by atoms with Crippen LogP contribution in [0.4, 0.5) is 31.1 Å². The lowest BCUT2D eigenvalue weighted by Gasteiger charge is -2.41. The molecule has 0 aromatic heterocycles. The fourth-order valence-corrected chi connectivity index (χ4v) is 4.59. The summed E-state index contributed by atoms with van der Waals surface area (Å²) in [5.41, 5.74) is -4.79. The molecular weight excluding hydrogens is 514 g/mol. The van der Waals surface area contributed by atoms with Gasteiger partial charge in [0, 0.05) is 6.54 Å². The monoisotopic (exact) mass is 546 g/mol. The summed E-state index contributed by atoms with van der Waals surface area (Å²) >= 11 is 0. The molecule has 0 spiro atoms. The molecule has 1 aliphatic rings. The Morgan fingerprint density at radius 2 is 1.53 bits per heavy atom. The number of carbonyl (C=O) groups is 1. The number of hydrogen-bond acceptors (Lipinski definition) is 4. The molecule has 2 N–H and O–H groups in total. The number of ether oxygens (including phenoxy) is 2. The number of rotatable bonds is 9. The SMILES string of the molecule is CCC1(CN[C@](C)(CO[C@H](C)c2cc(C(F)(F)F)cc(C(F)(F)F)c2)c2ccccc2)NC(=O)OC1(C)C. The Kier molecular flexibility index (Phi) is 8.15. The van der Waals surface area contributed by atoms with Crippen LogP contribution < -0.4 is 10.6 Å². The first kappa shape index (κ1) is 29.8.